The van der Waals surface area contributed by atoms with Crippen LogP contribution in [0.3, 0.4) is 0 Å². The number of carbonyl (C=O) groups excluding carboxylic acids is 2. The molecule has 1 saturated heterocycles. The van der Waals surface area contributed by atoms with Crippen LogP contribution in [0.5, 0.6) is 5.75 Å². The largest absolute Gasteiger partial charge is 0.484 e. The van der Waals surface area contributed by atoms with Gasteiger partial charge in [0, 0.05) is 23.7 Å². The number of benzene rings is 2. The topological polar surface area (TPSA) is 67.4 Å². The van der Waals surface area contributed by atoms with Crippen LogP contribution in [0.25, 0.3) is 0 Å². The molecule has 25 heavy (non-hydrogen) atoms. The second kappa shape index (κ2) is 8.44. The second-order valence-electron chi connectivity index (χ2n) is 6.11. The molecule has 1 amide bonds. The van der Waals surface area contributed by atoms with Gasteiger partial charge in [0.1, 0.15) is 5.75 Å². The quantitative estimate of drug-likeness (QED) is 0.759. The van der Waals surface area contributed by atoms with Gasteiger partial charge in [-0.05, 0) is 43.7 Å². The first kappa shape index (κ1) is 17.2. The summed E-state index contributed by atoms with van der Waals surface area (Å²) in [5.74, 6) is 0.394. The van der Waals surface area contributed by atoms with Crippen LogP contribution < -0.4 is 15.4 Å². The second-order valence-corrected chi connectivity index (χ2v) is 6.11. The van der Waals surface area contributed by atoms with Crippen molar-refractivity contribution >= 4 is 11.7 Å². The summed E-state index contributed by atoms with van der Waals surface area (Å²) in [6.07, 6.45) is 2.25. The summed E-state index contributed by atoms with van der Waals surface area (Å²) >= 11 is 0. The molecular weight excluding hydrogens is 316 g/mol. The van der Waals surface area contributed by atoms with E-state index in [1.807, 2.05) is 18.2 Å². The molecule has 2 aromatic carbocycles. The Morgan fingerprint density at radius 2 is 1.76 bits per heavy atom. The lowest BCUT2D eigenvalue weighted by Gasteiger charge is -2.12. The highest BCUT2D eigenvalue weighted by molar-refractivity contribution is 6.08. The van der Waals surface area contributed by atoms with Crippen LogP contribution in [0, 0.1) is 0 Å². The standard InChI is InChI=1S/C20H22N2O3/c23-19(22-13-17-7-4-12-21-17)14-25-18-10-8-16(9-11-18)20(24)15-5-2-1-3-6-15/h1-3,5-6,8-11,17,21H,4,7,12-14H2,(H,22,23). The molecule has 0 spiro atoms. The van der Waals surface area contributed by atoms with Crippen LogP contribution in [0.1, 0.15) is 28.8 Å². The molecule has 3 rings (SSSR count). The Morgan fingerprint density at radius 3 is 2.44 bits per heavy atom. The van der Waals surface area contributed by atoms with Crippen LogP contribution in [0.15, 0.2) is 54.6 Å². The maximum absolute atomic E-state index is 12.3. The average molecular weight is 338 g/mol. The van der Waals surface area contributed by atoms with E-state index in [4.69, 9.17) is 4.74 Å². The summed E-state index contributed by atoms with van der Waals surface area (Å²) in [4.78, 5) is 24.1. The van der Waals surface area contributed by atoms with Gasteiger partial charge < -0.3 is 15.4 Å². The third kappa shape index (κ3) is 4.90. The van der Waals surface area contributed by atoms with E-state index in [2.05, 4.69) is 10.6 Å². The van der Waals surface area contributed by atoms with Gasteiger partial charge in [0.05, 0.1) is 0 Å². The maximum atomic E-state index is 12.3. The van der Waals surface area contributed by atoms with Crippen molar-refractivity contribution in [1.29, 1.82) is 0 Å². The molecule has 1 unspecified atom stereocenters. The Hall–Kier alpha value is -2.66. The van der Waals surface area contributed by atoms with E-state index in [-0.39, 0.29) is 18.3 Å². The van der Waals surface area contributed by atoms with Gasteiger partial charge >= 0.3 is 0 Å². The van der Waals surface area contributed by atoms with Crippen LogP contribution in [-0.2, 0) is 4.79 Å². The molecule has 1 atom stereocenters. The monoisotopic (exact) mass is 338 g/mol. The normalized spacial score (nSPS) is 16.4. The Balaban J connectivity index is 1.47. The van der Waals surface area contributed by atoms with Gasteiger partial charge in [-0.3, -0.25) is 9.59 Å². The van der Waals surface area contributed by atoms with E-state index >= 15 is 0 Å². The zero-order valence-corrected chi connectivity index (χ0v) is 14.0. The molecule has 0 radical (unpaired) electrons. The zero-order valence-electron chi connectivity index (χ0n) is 14.0. The van der Waals surface area contributed by atoms with Gasteiger partial charge in [-0.2, -0.15) is 0 Å². The van der Waals surface area contributed by atoms with Crippen molar-refractivity contribution in [2.45, 2.75) is 18.9 Å². The number of ketones is 1. The highest BCUT2D eigenvalue weighted by Crippen LogP contribution is 2.15. The summed E-state index contributed by atoms with van der Waals surface area (Å²) in [6.45, 7) is 1.62. The smallest absolute Gasteiger partial charge is 0.257 e. The Morgan fingerprint density at radius 1 is 1.04 bits per heavy atom. The number of hydrogen-bond donors (Lipinski definition) is 2. The molecule has 1 aliphatic rings. The first-order valence-corrected chi connectivity index (χ1v) is 8.55. The Labute approximate surface area is 147 Å². The molecule has 5 nitrogen and oxygen atoms in total. The van der Waals surface area contributed by atoms with Gasteiger partial charge in [0.15, 0.2) is 12.4 Å². The SMILES string of the molecule is O=C(COc1ccc(C(=O)c2ccccc2)cc1)NCC1CCCN1. The molecule has 1 heterocycles. The van der Waals surface area contributed by atoms with E-state index in [0.29, 0.717) is 29.5 Å². The average Bonchev–Trinajstić information content (AvgIpc) is 3.19. The van der Waals surface area contributed by atoms with Crippen molar-refractivity contribution in [2.24, 2.45) is 0 Å². The lowest BCUT2D eigenvalue weighted by Crippen LogP contribution is -2.39. The van der Waals surface area contributed by atoms with Crippen LogP contribution in [0.4, 0.5) is 0 Å². The minimum atomic E-state index is -0.141. The first-order valence-electron chi connectivity index (χ1n) is 8.55. The van der Waals surface area contributed by atoms with Crippen molar-refractivity contribution in [3.63, 3.8) is 0 Å². The number of rotatable bonds is 7. The molecule has 1 aliphatic heterocycles. The summed E-state index contributed by atoms with van der Waals surface area (Å²) in [7, 11) is 0. The lowest BCUT2D eigenvalue weighted by molar-refractivity contribution is -0.123. The van der Waals surface area contributed by atoms with E-state index in [0.717, 1.165) is 19.4 Å². The molecule has 0 saturated carbocycles. The molecule has 0 aromatic heterocycles. The fourth-order valence-electron chi connectivity index (χ4n) is 2.83. The van der Waals surface area contributed by atoms with Crippen molar-refractivity contribution < 1.29 is 14.3 Å². The van der Waals surface area contributed by atoms with E-state index in [9.17, 15) is 9.59 Å². The maximum Gasteiger partial charge on any atom is 0.257 e. The van der Waals surface area contributed by atoms with Crippen molar-refractivity contribution in [1.82, 2.24) is 10.6 Å². The minimum Gasteiger partial charge on any atom is -0.484 e. The van der Waals surface area contributed by atoms with Gasteiger partial charge in [-0.1, -0.05) is 30.3 Å². The van der Waals surface area contributed by atoms with Crippen LogP contribution in [0.2, 0.25) is 0 Å². The number of carbonyl (C=O) groups is 2. The molecule has 1 fully saturated rings. The first-order chi connectivity index (χ1) is 12.2. The Kier molecular flexibility index (Phi) is 5.80. The molecule has 5 heteroatoms. The molecule has 0 bridgehead atoms. The van der Waals surface area contributed by atoms with Gasteiger partial charge in [0.2, 0.25) is 0 Å². The van der Waals surface area contributed by atoms with Crippen LogP contribution in [-0.4, -0.2) is 37.4 Å². The van der Waals surface area contributed by atoms with Crippen molar-refractivity contribution in [3.8, 4) is 5.75 Å². The number of ether oxygens (including phenoxy) is 1. The van der Waals surface area contributed by atoms with E-state index < -0.39 is 0 Å². The van der Waals surface area contributed by atoms with Gasteiger partial charge in [0.25, 0.3) is 5.91 Å². The summed E-state index contributed by atoms with van der Waals surface area (Å²) in [5, 5.41) is 6.19. The molecule has 2 aromatic rings. The molecule has 2 N–H and O–H groups in total. The summed E-state index contributed by atoms with van der Waals surface area (Å²) in [6, 6.07) is 16.3. The number of amides is 1. The fraction of sp³-hybridized carbons (Fsp3) is 0.300. The van der Waals surface area contributed by atoms with E-state index in [1.54, 1.807) is 36.4 Å². The summed E-state index contributed by atoms with van der Waals surface area (Å²) in [5.41, 5.74) is 1.24. The predicted octanol–water partition coefficient (Wildman–Crippen LogP) is 2.16. The lowest BCUT2D eigenvalue weighted by atomic mass is 10.0. The highest BCUT2D eigenvalue weighted by atomic mass is 16.5. The number of nitrogens with one attached hydrogen (secondary N) is 2. The van der Waals surface area contributed by atoms with Crippen molar-refractivity contribution in [2.75, 3.05) is 19.7 Å². The Bertz CT molecular complexity index is 707. The third-order valence-corrected chi connectivity index (χ3v) is 4.23. The van der Waals surface area contributed by atoms with Crippen molar-refractivity contribution in [3.05, 3.63) is 65.7 Å². The zero-order chi connectivity index (χ0) is 17.5. The van der Waals surface area contributed by atoms with Gasteiger partial charge in [-0.25, -0.2) is 0 Å². The number of hydrogen-bond acceptors (Lipinski definition) is 4. The van der Waals surface area contributed by atoms with Crippen LogP contribution >= 0.6 is 0 Å². The third-order valence-electron chi connectivity index (χ3n) is 4.23. The van der Waals surface area contributed by atoms with Gasteiger partial charge in [-0.15, -0.1) is 0 Å². The fourth-order valence-corrected chi connectivity index (χ4v) is 2.83. The highest BCUT2D eigenvalue weighted by Gasteiger charge is 2.15. The minimum absolute atomic E-state index is 0.0291. The summed E-state index contributed by atoms with van der Waals surface area (Å²) < 4.78 is 5.48. The molecule has 0 aliphatic carbocycles. The predicted molar refractivity (Wildman–Crippen MR) is 95.8 cm³/mol. The van der Waals surface area contributed by atoms with E-state index in [1.165, 1.54) is 0 Å². The molecule has 130 valence electrons. The molecular formula is C20H22N2O3.